The molecule has 132 valence electrons. The third-order valence-electron chi connectivity index (χ3n) is 4.14. The predicted octanol–water partition coefficient (Wildman–Crippen LogP) is 4.50. The molecule has 0 fully saturated rings. The second kappa shape index (κ2) is 7.25. The lowest BCUT2D eigenvalue weighted by molar-refractivity contribution is 0.101. The summed E-state index contributed by atoms with van der Waals surface area (Å²) >= 11 is 0. The fourth-order valence-electron chi connectivity index (χ4n) is 2.85. The lowest BCUT2D eigenvalue weighted by Crippen LogP contribution is -2.17. The number of aromatic nitrogens is 3. The van der Waals surface area contributed by atoms with Gasteiger partial charge in [0.15, 0.2) is 0 Å². The molecule has 5 nitrogen and oxygen atoms in total. The Kier molecular flexibility index (Phi) is 4.49. The SMILES string of the molecule is Cc1cccc(NC(=O)c2cc(-c3ccccc3)nn2-c2ccccc2)n1. The molecular formula is C22H18N4O. The summed E-state index contributed by atoms with van der Waals surface area (Å²) in [6, 6.07) is 26.7. The first-order chi connectivity index (χ1) is 13.2. The number of anilines is 1. The van der Waals surface area contributed by atoms with Crippen molar-refractivity contribution in [2.24, 2.45) is 0 Å². The molecular weight excluding hydrogens is 336 g/mol. The summed E-state index contributed by atoms with van der Waals surface area (Å²) in [5.41, 5.74) is 3.80. The average molecular weight is 354 g/mol. The fourth-order valence-corrected chi connectivity index (χ4v) is 2.85. The van der Waals surface area contributed by atoms with Crippen molar-refractivity contribution in [1.29, 1.82) is 0 Å². The van der Waals surface area contributed by atoms with E-state index in [2.05, 4.69) is 15.4 Å². The number of benzene rings is 2. The summed E-state index contributed by atoms with van der Waals surface area (Å²) in [5, 5.41) is 7.53. The molecule has 2 aromatic carbocycles. The van der Waals surface area contributed by atoms with Crippen LogP contribution in [0, 0.1) is 6.92 Å². The predicted molar refractivity (Wildman–Crippen MR) is 106 cm³/mol. The maximum atomic E-state index is 13.0. The van der Waals surface area contributed by atoms with Gasteiger partial charge in [0.25, 0.3) is 5.91 Å². The van der Waals surface area contributed by atoms with E-state index in [1.165, 1.54) is 0 Å². The number of nitrogens with zero attached hydrogens (tertiary/aromatic N) is 3. The normalized spacial score (nSPS) is 10.6. The van der Waals surface area contributed by atoms with E-state index in [0.717, 1.165) is 22.6 Å². The van der Waals surface area contributed by atoms with Gasteiger partial charge in [0, 0.05) is 11.3 Å². The van der Waals surface area contributed by atoms with Gasteiger partial charge in [-0.25, -0.2) is 9.67 Å². The van der Waals surface area contributed by atoms with Gasteiger partial charge >= 0.3 is 0 Å². The second-order valence-electron chi connectivity index (χ2n) is 6.15. The molecule has 0 saturated carbocycles. The van der Waals surface area contributed by atoms with Gasteiger partial charge in [-0.15, -0.1) is 0 Å². The van der Waals surface area contributed by atoms with Crippen molar-refractivity contribution in [1.82, 2.24) is 14.8 Å². The zero-order valence-corrected chi connectivity index (χ0v) is 14.8. The first kappa shape index (κ1) is 16.7. The number of carbonyl (C=O) groups excluding carboxylic acids is 1. The quantitative estimate of drug-likeness (QED) is 0.587. The highest BCUT2D eigenvalue weighted by Gasteiger charge is 2.18. The highest BCUT2D eigenvalue weighted by atomic mass is 16.2. The molecule has 4 rings (SSSR count). The molecule has 2 aromatic heterocycles. The Morgan fingerprint density at radius 1 is 0.889 bits per heavy atom. The van der Waals surface area contributed by atoms with Crippen molar-refractivity contribution < 1.29 is 4.79 Å². The summed E-state index contributed by atoms with van der Waals surface area (Å²) in [5.74, 6) is 0.258. The van der Waals surface area contributed by atoms with Crippen molar-refractivity contribution in [2.45, 2.75) is 6.92 Å². The largest absolute Gasteiger partial charge is 0.305 e. The summed E-state index contributed by atoms with van der Waals surface area (Å²) in [7, 11) is 0. The standard InChI is InChI=1S/C22H18N4O/c1-16-9-8-14-21(23-16)24-22(27)20-15-19(17-10-4-2-5-11-17)25-26(20)18-12-6-3-7-13-18/h2-15H,1H3,(H,23,24,27). The monoisotopic (exact) mass is 354 g/mol. The molecule has 0 atom stereocenters. The lowest BCUT2D eigenvalue weighted by Gasteiger charge is -2.08. The van der Waals surface area contributed by atoms with Crippen LogP contribution in [0.5, 0.6) is 0 Å². The molecule has 4 aromatic rings. The van der Waals surface area contributed by atoms with Gasteiger partial charge in [-0.3, -0.25) is 4.79 Å². The van der Waals surface area contributed by atoms with Gasteiger partial charge < -0.3 is 5.32 Å². The van der Waals surface area contributed by atoms with Crippen molar-refractivity contribution in [3.05, 3.63) is 96.3 Å². The van der Waals surface area contributed by atoms with Gasteiger partial charge in [-0.2, -0.15) is 5.10 Å². The van der Waals surface area contributed by atoms with Crippen molar-refractivity contribution in [3.8, 4) is 16.9 Å². The van der Waals surface area contributed by atoms with E-state index in [-0.39, 0.29) is 5.91 Å². The summed E-state index contributed by atoms with van der Waals surface area (Å²) < 4.78 is 1.66. The zero-order chi connectivity index (χ0) is 18.6. The van der Waals surface area contributed by atoms with E-state index >= 15 is 0 Å². The number of pyridine rings is 1. The molecule has 0 unspecified atom stereocenters. The van der Waals surface area contributed by atoms with E-state index < -0.39 is 0 Å². The smallest absolute Gasteiger partial charge is 0.275 e. The molecule has 1 amide bonds. The van der Waals surface area contributed by atoms with Crippen LogP contribution in [0.2, 0.25) is 0 Å². The fraction of sp³-hybridized carbons (Fsp3) is 0.0455. The zero-order valence-electron chi connectivity index (χ0n) is 14.8. The topological polar surface area (TPSA) is 59.8 Å². The van der Waals surface area contributed by atoms with Crippen LogP contribution < -0.4 is 5.32 Å². The van der Waals surface area contributed by atoms with Crippen LogP contribution in [-0.2, 0) is 0 Å². The highest BCUT2D eigenvalue weighted by molar-refractivity contribution is 6.03. The third-order valence-corrected chi connectivity index (χ3v) is 4.14. The van der Waals surface area contributed by atoms with Crippen LogP contribution in [-0.4, -0.2) is 20.7 Å². The summed E-state index contributed by atoms with van der Waals surface area (Å²) in [4.78, 5) is 17.3. The Bertz CT molecular complexity index is 1070. The molecule has 0 aliphatic heterocycles. The van der Waals surface area contributed by atoms with Crippen LogP contribution in [0.3, 0.4) is 0 Å². The number of para-hydroxylation sites is 1. The van der Waals surface area contributed by atoms with Gasteiger partial charge in [0.05, 0.1) is 11.4 Å². The molecule has 0 aliphatic carbocycles. The Morgan fingerprint density at radius 3 is 2.30 bits per heavy atom. The van der Waals surface area contributed by atoms with E-state index in [1.807, 2.05) is 79.7 Å². The number of amides is 1. The van der Waals surface area contributed by atoms with E-state index in [9.17, 15) is 4.79 Å². The molecule has 27 heavy (non-hydrogen) atoms. The number of hydrogen-bond donors (Lipinski definition) is 1. The van der Waals surface area contributed by atoms with Crippen LogP contribution in [0.15, 0.2) is 84.9 Å². The molecule has 0 saturated heterocycles. The number of carbonyl (C=O) groups is 1. The number of rotatable bonds is 4. The lowest BCUT2D eigenvalue weighted by atomic mass is 10.1. The number of nitrogens with one attached hydrogen (secondary N) is 1. The molecule has 0 aliphatic rings. The molecule has 0 bridgehead atoms. The molecule has 0 radical (unpaired) electrons. The molecule has 2 heterocycles. The second-order valence-corrected chi connectivity index (χ2v) is 6.15. The number of aryl methyl sites for hydroxylation is 1. The van der Waals surface area contributed by atoms with Gasteiger partial charge in [-0.05, 0) is 37.3 Å². The minimum atomic E-state index is -0.258. The summed E-state index contributed by atoms with van der Waals surface area (Å²) in [6.07, 6.45) is 0. The van der Waals surface area contributed by atoms with Crippen molar-refractivity contribution in [3.63, 3.8) is 0 Å². The Labute approximate surface area is 157 Å². The highest BCUT2D eigenvalue weighted by Crippen LogP contribution is 2.22. The van der Waals surface area contributed by atoms with E-state index in [4.69, 9.17) is 0 Å². The van der Waals surface area contributed by atoms with Gasteiger partial charge in [0.2, 0.25) is 0 Å². The minimum Gasteiger partial charge on any atom is -0.305 e. The maximum absolute atomic E-state index is 13.0. The Hall–Kier alpha value is -3.73. The van der Waals surface area contributed by atoms with Gasteiger partial charge in [0.1, 0.15) is 11.5 Å². The Morgan fingerprint density at radius 2 is 1.59 bits per heavy atom. The molecule has 5 heteroatoms. The minimum absolute atomic E-state index is 0.258. The van der Waals surface area contributed by atoms with Crippen LogP contribution >= 0.6 is 0 Å². The van der Waals surface area contributed by atoms with Crippen LogP contribution in [0.1, 0.15) is 16.2 Å². The first-order valence-corrected chi connectivity index (χ1v) is 8.66. The van der Waals surface area contributed by atoms with E-state index in [1.54, 1.807) is 16.8 Å². The Balaban J connectivity index is 1.76. The molecule has 1 N–H and O–H groups in total. The van der Waals surface area contributed by atoms with Crippen LogP contribution in [0.25, 0.3) is 16.9 Å². The van der Waals surface area contributed by atoms with E-state index in [0.29, 0.717) is 11.5 Å². The summed E-state index contributed by atoms with van der Waals surface area (Å²) in [6.45, 7) is 1.89. The molecule has 0 spiro atoms. The van der Waals surface area contributed by atoms with Gasteiger partial charge in [-0.1, -0.05) is 54.6 Å². The third kappa shape index (κ3) is 3.62. The van der Waals surface area contributed by atoms with Crippen molar-refractivity contribution in [2.75, 3.05) is 5.32 Å². The van der Waals surface area contributed by atoms with Crippen LogP contribution in [0.4, 0.5) is 5.82 Å². The number of hydrogen-bond acceptors (Lipinski definition) is 3. The first-order valence-electron chi connectivity index (χ1n) is 8.66. The average Bonchev–Trinajstić information content (AvgIpc) is 3.15. The van der Waals surface area contributed by atoms with Crippen molar-refractivity contribution >= 4 is 11.7 Å². The maximum Gasteiger partial charge on any atom is 0.275 e.